The Morgan fingerprint density at radius 2 is 1.11 bits per heavy atom. The van der Waals surface area contributed by atoms with Crippen molar-refractivity contribution in [2.75, 3.05) is 0 Å². The first-order valence-electron chi connectivity index (χ1n) is 17.8. The third-order valence-corrected chi connectivity index (χ3v) is 9.80. The summed E-state index contributed by atoms with van der Waals surface area (Å²) < 4.78 is 0. The molecule has 0 bridgehead atoms. The van der Waals surface area contributed by atoms with Gasteiger partial charge in [-0.3, -0.25) is 9.98 Å². The monoisotopic (exact) mass is 678 g/mol. The first kappa shape index (κ1) is 31.9. The van der Waals surface area contributed by atoms with Gasteiger partial charge in [0, 0.05) is 38.4 Å². The lowest BCUT2D eigenvalue weighted by Crippen LogP contribution is -2.05. The van der Waals surface area contributed by atoms with Gasteiger partial charge in [-0.25, -0.2) is 9.97 Å². The van der Waals surface area contributed by atoms with Gasteiger partial charge in [-0.05, 0) is 58.4 Å². The Morgan fingerprint density at radius 1 is 0.491 bits per heavy atom. The summed E-state index contributed by atoms with van der Waals surface area (Å²) in [6.45, 7) is 4.53. The third-order valence-electron chi connectivity index (χ3n) is 9.80. The quantitative estimate of drug-likeness (QED) is 0.119. The molecule has 9 aromatic rings. The van der Waals surface area contributed by atoms with Crippen LogP contribution in [0.3, 0.4) is 0 Å². The highest BCUT2D eigenvalue weighted by atomic mass is 14.9. The maximum atomic E-state index is 5.26. The lowest BCUT2D eigenvalue weighted by atomic mass is 9.93. The summed E-state index contributed by atoms with van der Waals surface area (Å²) in [5.41, 5.74) is 10.8. The van der Waals surface area contributed by atoms with E-state index in [1.165, 1.54) is 0 Å². The van der Waals surface area contributed by atoms with Crippen molar-refractivity contribution in [1.29, 1.82) is 0 Å². The van der Waals surface area contributed by atoms with Crippen molar-refractivity contribution < 1.29 is 0 Å². The molecule has 0 spiro atoms. The normalized spacial score (nSPS) is 11.7. The van der Waals surface area contributed by atoms with Crippen molar-refractivity contribution in [2.45, 2.75) is 6.54 Å². The van der Waals surface area contributed by atoms with Gasteiger partial charge in [0.05, 0.1) is 29.2 Å². The van der Waals surface area contributed by atoms with Crippen LogP contribution in [0.15, 0.2) is 192 Å². The van der Waals surface area contributed by atoms with Gasteiger partial charge in [-0.1, -0.05) is 158 Å². The molecule has 0 N–H and O–H groups in total. The fourth-order valence-electron chi connectivity index (χ4n) is 7.19. The molecule has 0 amide bonds. The van der Waals surface area contributed by atoms with Gasteiger partial charge in [-0.15, -0.1) is 0 Å². The van der Waals surface area contributed by atoms with Crippen LogP contribution in [0.1, 0.15) is 16.7 Å². The molecule has 9 rings (SSSR count). The zero-order valence-electron chi connectivity index (χ0n) is 29.0. The fraction of sp³-hybridized carbons (Fsp3) is 0.0204. The van der Waals surface area contributed by atoms with E-state index in [1.54, 1.807) is 0 Å². The summed E-state index contributed by atoms with van der Waals surface area (Å²) in [4.78, 5) is 20.2. The zero-order chi connectivity index (χ0) is 35.6. The first-order chi connectivity index (χ1) is 26.2. The number of hydrogen-bond donors (Lipinski definition) is 0. The maximum absolute atomic E-state index is 5.26. The molecule has 4 nitrogen and oxygen atoms in total. The maximum Gasteiger partial charge on any atom is 0.160 e. The smallest absolute Gasteiger partial charge is 0.160 e. The summed E-state index contributed by atoms with van der Waals surface area (Å²) in [6.07, 6.45) is 0. The van der Waals surface area contributed by atoms with E-state index in [4.69, 9.17) is 15.0 Å². The van der Waals surface area contributed by atoms with Gasteiger partial charge >= 0.3 is 0 Å². The molecule has 0 radical (unpaired) electrons. The topological polar surface area (TPSA) is 50.5 Å². The van der Waals surface area contributed by atoms with Crippen LogP contribution in [0, 0.1) is 0 Å². The highest BCUT2D eigenvalue weighted by Gasteiger charge is 2.17. The molecule has 0 atom stereocenters. The van der Waals surface area contributed by atoms with Gasteiger partial charge in [0.25, 0.3) is 0 Å². The molecule has 53 heavy (non-hydrogen) atoms. The summed E-state index contributed by atoms with van der Waals surface area (Å²) in [5, 5.41) is 5.45. The Balaban J connectivity index is 1.19. The van der Waals surface area contributed by atoms with E-state index >= 15 is 0 Å². The first-order valence-corrected chi connectivity index (χ1v) is 17.8. The van der Waals surface area contributed by atoms with E-state index in [-0.39, 0.29) is 0 Å². The summed E-state index contributed by atoms with van der Waals surface area (Å²) >= 11 is 0. The van der Waals surface area contributed by atoms with E-state index in [1.807, 2.05) is 36.4 Å². The van der Waals surface area contributed by atoms with Gasteiger partial charge < -0.3 is 0 Å². The van der Waals surface area contributed by atoms with Crippen molar-refractivity contribution >= 4 is 50.6 Å². The molecule has 0 saturated carbocycles. The Bertz CT molecular complexity index is 2820. The predicted molar refractivity (Wildman–Crippen MR) is 222 cm³/mol. The molecule has 250 valence electrons. The predicted octanol–water partition coefficient (Wildman–Crippen LogP) is 12.3. The van der Waals surface area contributed by atoms with E-state index in [2.05, 4.69) is 157 Å². The summed E-state index contributed by atoms with van der Waals surface area (Å²) in [5.74, 6) is 0.707. The molecule has 1 aromatic heterocycles. The number of hydrogen-bond acceptors (Lipinski definition) is 4. The van der Waals surface area contributed by atoms with E-state index in [0.717, 1.165) is 88.5 Å². The molecule has 4 heteroatoms. The number of benzene rings is 8. The minimum Gasteiger partial charge on any atom is -0.279 e. The average molecular weight is 679 g/mol. The summed E-state index contributed by atoms with van der Waals surface area (Å²) in [6, 6.07) is 63.1. The van der Waals surface area contributed by atoms with Crippen LogP contribution < -0.4 is 0 Å². The van der Waals surface area contributed by atoms with Crippen molar-refractivity contribution in [3.63, 3.8) is 0 Å². The van der Waals surface area contributed by atoms with Gasteiger partial charge in [-0.2, -0.15) is 0 Å². The fourth-order valence-corrected chi connectivity index (χ4v) is 7.19. The highest BCUT2D eigenvalue weighted by molar-refractivity contribution is 6.19. The lowest BCUT2D eigenvalue weighted by molar-refractivity contribution is 1.07. The molecule has 1 heterocycles. The second-order valence-electron chi connectivity index (χ2n) is 13.1. The van der Waals surface area contributed by atoms with Crippen LogP contribution in [-0.2, 0) is 6.54 Å². The molecule has 0 aliphatic carbocycles. The third kappa shape index (κ3) is 6.17. The Labute approximate surface area is 308 Å². The number of nitrogens with zero attached hydrogens (tertiary/aromatic N) is 4. The Hall–Kier alpha value is -7.04. The van der Waals surface area contributed by atoms with Gasteiger partial charge in [0.2, 0.25) is 0 Å². The van der Waals surface area contributed by atoms with Crippen LogP contribution >= 0.6 is 0 Å². The molecule has 0 fully saturated rings. The van der Waals surface area contributed by atoms with Crippen LogP contribution in [-0.4, -0.2) is 22.4 Å². The summed E-state index contributed by atoms with van der Waals surface area (Å²) in [7, 11) is 0. The van der Waals surface area contributed by atoms with Crippen LogP contribution in [0.4, 0.5) is 5.69 Å². The van der Waals surface area contributed by atoms with Crippen molar-refractivity contribution in [2.24, 2.45) is 9.98 Å². The number of fused-ring (bicyclic) bond motifs is 4. The van der Waals surface area contributed by atoms with Crippen molar-refractivity contribution in [1.82, 2.24) is 9.97 Å². The molecule has 0 saturated heterocycles. The minimum atomic E-state index is 0.540. The van der Waals surface area contributed by atoms with E-state index in [0.29, 0.717) is 12.4 Å². The number of rotatable bonds is 8. The zero-order valence-corrected chi connectivity index (χ0v) is 29.0. The highest BCUT2D eigenvalue weighted by Crippen LogP contribution is 2.36. The molecule has 8 aromatic carbocycles. The SMILES string of the molecule is C=Nc1c(C(=NCc2ccccc2)c2cccc(-c3cccc(-c4nc(-c5ccccc5)nc5c4ccc4ccccc45)c3)c2)ccc2ccccc12. The number of aliphatic imine (C=N–C) groups is 2. The number of aromatic nitrogens is 2. The molecule has 0 unspecified atom stereocenters. The van der Waals surface area contributed by atoms with Gasteiger partial charge in [0.1, 0.15) is 0 Å². The van der Waals surface area contributed by atoms with Crippen LogP contribution in [0.5, 0.6) is 0 Å². The Morgan fingerprint density at radius 3 is 1.91 bits per heavy atom. The molecular formula is C49H34N4. The second-order valence-corrected chi connectivity index (χ2v) is 13.1. The lowest BCUT2D eigenvalue weighted by Gasteiger charge is -2.15. The second kappa shape index (κ2) is 13.9. The molecule has 0 aliphatic heterocycles. The largest absolute Gasteiger partial charge is 0.279 e. The molecular weight excluding hydrogens is 645 g/mol. The molecule has 0 aliphatic rings. The van der Waals surface area contributed by atoms with E-state index < -0.39 is 0 Å². The van der Waals surface area contributed by atoms with Gasteiger partial charge in [0.15, 0.2) is 5.82 Å². The van der Waals surface area contributed by atoms with Crippen LogP contribution in [0.2, 0.25) is 0 Å². The standard InChI is InChI=1S/C49H34N4/c1-50-47-41-24-10-8-16-34(41)26-28-43(47)45(51-32-33-14-4-2-5-15-33)39-22-12-20-37(30-39)38-21-13-23-40(31-38)46-44-29-27-35-17-9-11-25-42(35)48(44)53-49(52-46)36-18-6-3-7-19-36/h2-31H,1,32H2. The Kier molecular flexibility index (Phi) is 8.39. The average Bonchev–Trinajstić information content (AvgIpc) is 3.24. The van der Waals surface area contributed by atoms with E-state index in [9.17, 15) is 0 Å². The minimum absolute atomic E-state index is 0.540. The van der Waals surface area contributed by atoms with Crippen LogP contribution in [0.25, 0.3) is 66.2 Å². The van der Waals surface area contributed by atoms with Crippen molar-refractivity contribution in [3.8, 4) is 33.8 Å². The van der Waals surface area contributed by atoms with Crippen molar-refractivity contribution in [3.05, 3.63) is 199 Å².